The predicted molar refractivity (Wildman–Crippen MR) is 105 cm³/mol. The van der Waals surface area contributed by atoms with Crippen molar-refractivity contribution in [3.8, 4) is 0 Å². The summed E-state index contributed by atoms with van der Waals surface area (Å²) in [6.45, 7) is 10.9. The Morgan fingerprint density at radius 1 is 0.962 bits per heavy atom. The van der Waals surface area contributed by atoms with Crippen LogP contribution in [0.25, 0.3) is 21.6 Å². The van der Waals surface area contributed by atoms with Crippen LogP contribution in [0.1, 0.15) is 51.0 Å². The molecule has 0 radical (unpaired) electrons. The maximum Gasteiger partial charge on any atom is 0.245 e. The molecular formula is C20H22N4OS. The van der Waals surface area contributed by atoms with Gasteiger partial charge >= 0.3 is 0 Å². The maximum atomic E-state index is 5.92. The lowest BCUT2D eigenvalue weighted by Gasteiger charge is -2.21. The van der Waals surface area contributed by atoms with Crippen molar-refractivity contribution >= 4 is 32.9 Å². The fourth-order valence-corrected chi connectivity index (χ4v) is 4.01. The summed E-state index contributed by atoms with van der Waals surface area (Å²) >= 11 is 1.73. The van der Waals surface area contributed by atoms with Gasteiger partial charge in [-0.05, 0) is 11.5 Å². The summed E-state index contributed by atoms with van der Waals surface area (Å²) in [7, 11) is 0. The van der Waals surface area contributed by atoms with Crippen molar-refractivity contribution in [2.75, 3.05) is 0 Å². The van der Waals surface area contributed by atoms with Crippen LogP contribution in [0, 0.1) is 0 Å². The van der Waals surface area contributed by atoms with E-state index in [1.165, 1.54) is 4.88 Å². The number of fused-ring (bicyclic) bond motifs is 2. The van der Waals surface area contributed by atoms with Gasteiger partial charge in [0.2, 0.25) is 5.71 Å². The Morgan fingerprint density at radius 3 is 2.46 bits per heavy atom. The molecule has 0 spiro atoms. The van der Waals surface area contributed by atoms with Crippen LogP contribution in [0.5, 0.6) is 0 Å². The monoisotopic (exact) mass is 366 g/mol. The molecule has 0 unspecified atom stereocenters. The molecule has 0 bridgehead atoms. The van der Waals surface area contributed by atoms with Crippen LogP contribution in [-0.4, -0.2) is 19.9 Å². The van der Waals surface area contributed by atoms with E-state index in [1.807, 2.05) is 12.3 Å². The van der Waals surface area contributed by atoms with Gasteiger partial charge in [0.05, 0.1) is 5.69 Å². The van der Waals surface area contributed by atoms with Crippen LogP contribution in [0.2, 0.25) is 0 Å². The van der Waals surface area contributed by atoms with Crippen molar-refractivity contribution in [2.45, 2.75) is 51.9 Å². The Hall–Kier alpha value is -2.34. The van der Waals surface area contributed by atoms with Gasteiger partial charge in [-0.2, -0.15) is 0 Å². The zero-order valence-corrected chi connectivity index (χ0v) is 16.5. The van der Waals surface area contributed by atoms with Crippen LogP contribution in [0.3, 0.4) is 0 Å². The molecule has 0 N–H and O–H groups in total. The van der Waals surface area contributed by atoms with Gasteiger partial charge < -0.3 is 4.42 Å². The molecule has 0 aromatic carbocycles. The number of nitrogens with zero attached hydrogens (tertiary/aromatic N) is 4. The van der Waals surface area contributed by atoms with Gasteiger partial charge in [0, 0.05) is 41.4 Å². The zero-order chi connectivity index (χ0) is 18.5. The predicted octanol–water partition coefficient (Wildman–Crippen LogP) is 5.05. The van der Waals surface area contributed by atoms with Crippen LogP contribution in [0.15, 0.2) is 35.1 Å². The summed E-state index contributed by atoms with van der Waals surface area (Å²) in [6.07, 6.45) is 5.93. The van der Waals surface area contributed by atoms with E-state index in [1.54, 1.807) is 23.7 Å². The second-order valence-electron chi connectivity index (χ2n) is 8.33. The molecule has 0 aliphatic carbocycles. The standard InChI is InChI=1S/C20H22N4OS/c1-19(2,3)16-9-14-18(26-16)24-12(11-23-14)10-20(4,5)15-8-13-17(25-15)22-7-6-21-13/h6-9,11H,10H2,1-5H3. The van der Waals surface area contributed by atoms with E-state index in [2.05, 4.69) is 55.6 Å². The number of thiophene rings is 1. The van der Waals surface area contributed by atoms with Gasteiger partial charge in [0.1, 0.15) is 21.6 Å². The number of furan rings is 1. The largest absolute Gasteiger partial charge is 0.441 e. The van der Waals surface area contributed by atoms with Crippen molar-refractivity contribution in [3.63, 3.8) is 0 Å². The zero-order valence-electron chi connectivity index (χ0n) is 15.7. The average Bonchev–Trinajstić information content (AvgIpc) is 3.18. The molecule has 4 heterocycles. The minimum atomic E-state index is -0.227. The molecule has 4 aromatic rings. The molecule has 4 rings (SSSR count). The summed E-state index contributed by atoms with van der Waals surface area (Å²) in [5, 5.41) is 0. The molecule has 0 fully saturated rings. The topological polar surface area (TPSA) is 64.7 Å². The molecule has 26 heavy (non-hydrogen) atoms. The molecule has 5 nitrogen and oxygen atoms in total. The van der Waals surface area contributed by atoms with Crippen molar-refractivity contribution in [3.05, 3.63) is 47.1 Å². The molecule has 6 heteroatoms. The smallest absolute Gasteiger partial charge is 0.245 e. The van der Waals surface area contributed by atoms with E-state index in [9.17, 15) is 0 Å². The lowest BCUT2D eigenvalue weighted by Crippen LogP contribution is -2.20. The Labute approximate surface area is 156 Å². The van der Waals surface area contributed by atoms with Crippen LogP contribution < -0.4 is 0 Å². The first-order valence-corrected chi connectivity index (χ1v) is 9.51. The highest BCUT2D eigenvalue weighted by Gasteiger charge is 2.27. The quantitative estimate of drug-likeness (QED) is 0.508. The van der Waals surface area contributed by atoms with Gasteiger partial charge in [-0.3, -0.25) is 4.98 Å². The molecule has 0 saturated carbocycles. The highest BCUT2D eigenvalue weighted by atomic mass is 32.1. The Morgan fingerprint density at radius 2 is 1.73 bits per heavy atom. The Kier molecular flexibility index (Phi) is 3.84. The van der Waals surface area contributed by atoms with Crippen LogP contribution >= 0.6 is 11.3 Å². The first-order valence-electron chi connectivity index (χ1n) is 8.69. The summed E-state index contributed by atoms with van der Waals surface area (Å²) in [4.78, 5) is 20.3. The lowest BCUT2D eigenvalue weighted by molar-refractivity contribution is 0.393. The third-order valence-corrected chi connectivity index (χ3v) is 5.93. The van der Waals surface area contributed by atoms with Gasteiger partial charge in [-0.1, -0.05) is 34.6 Å². The van der Waals surface area contributed by atoms with Gasteiger partial charge in [-0.25, -0.2) is 15.0 Å². The van der Waals surface area contributed by atoms with E-state index in [0.717, 1.165) is 33.7 Å². The molecule has 0 saturated heterocycles. The van der Waals surface area contributed by atoms with E-state index < -0.39 is 0 Å². The van der Waals surface area contributed by atoms with E-state index in [0.29, 0.717) is 5.71 Å². The summed E-state index contributed by atoms with van der Waals surface area (Å²) in [5.74, 6) is 0.863. The van der Waals surface area contributed by atoms with E-state index in [-0.39, 0.29) is 10.8 Å². The van der Waals surface area contributed by atoms with Crippen molar-refractivity contribution < 1.29 is 4.42 Å². The van der Waals surface area contributed by atoms with Crippen molar-refractivity contribution in [1.29, 1.82) is 0 Å². The normalized spacial score (nSPS) is 13.0. The Balaban J connectivity index is 1.66. The molecule has 0 atom stereocenters. The average molecular weight is 366 g/mol. The number of hydrogen-bond donors (Lipinski definition) is 0. The van der Waals surface area contributed by atoms with Gasteiger partial charge in [-0.15, -0.1) is 11.3 Å². The van der Waals surface area contributed by atoms with Crippen LogP contribution in [-0.2, 0) is 17.3 Å². The maximum absolute atomic E-state index is 5.92. The molecular weight excluding hydrogens is 344 g/mol. The molecule has 134 valence electrons. The van der Waals surface area contributed by atoms with Crippen LogP contribution in [0.4, 0.5) is 0 Å². The Bertz CT molecular complexity index is 1060. The molecule has 0 aliphatic rings. The molecule has 0 amide bonds. The first kappa shape index (κ1) is 17.1. The number of aromatic nitrogens is 4. The number of hydrogen-bond acceptors (Lipinski definition) is 6. The summed E-state index contributed by atoms with van der Waals surface area (Å²) < 4.78 is 5.92. The van der Waals surface area contributed by atoms with E-state index >= 15 is 0 Å². The highest BCUT2D eigenvalue weighted by molar-refractivity contribution is 7.18. The fraction of sp³-hybridized carbons (Fsp3) is 0.400. The van der Waals surface area contributed by atoms with Crippen molar-refractivity contribution in [2.24, 2.45) is 0 Å². The minimum absolute atomic E-state index is 0.112. The van der Waals surface area contributed by atoms with Gasteiger partial charge in [0.15, 0.2) is 0 Å². The number of rotatable bonds is 3. The third kappa shape index (κ3) is 3.09. The van der Waals surface area contributed by atoms with Gasteiger partial charge in [0.25, 0.3) is 0 Å². The molecule has 0 aliphatic heterocycles. The first-order chi connectivity index (χ1) is 12.2. The second kappa shape index (κ2) is 5.84. The minimum Gasteiger partial charge on any atom is -0.441 e. The SMILES string of the molecule is CC(C)(C)c1cc2ncc(CC(C)(C)c3cc4nccnc4o3)nc2s1. The van der Waals surface area contributed by atoms with Crippen molar-refractivity contribution in [1.82, 2.24) is 19.9 Å². The highest BCUT2D eigenvalue weighted by Crippen LogP contribution is 2.34. The lowest BCUT2D eigenvalue weighted by atomic mass is 9.85. The molecule has 4 aromatic heterocycles. The second-order valence-corrected chi connectivity index (χ2v) is 9.36. The fourth-order valence-electron chi connectivity index (χ4n) is 2.95. The third-order valence-electron chi connectivity index (χ3n) is 4.49. The van der Waals surface area contributed by atoms with E-state index in [4.69, 9.17) is 9.40 Å². The summed E-state index contributed by atoms with van der Waals surface area (Å²) in [6, 6.07) is 4.12. The summed E-state index contributed by atoms with van der Waals surface area (Å²) in [5.41, 5.74) is 3.18.